The van der Waals surface area contributed by atoms with Crippen LogP contribution in [0.5, 0.6) is 0 Å². The van der Waals surface area contributed by atoms with Crippen molar-refractivity contribution in [3.63, 3.8) is 0 Å². The first-order valence-electron chi connectivity index (χ1n) is 8.10. The molecule has 3 aromatic rings. The van der Waals surface area contributed by atoms with Gasteiger partial charge in [0.2, 0.25) is 5.91 Å². The number of thioether (sulfide) groups is 1. The van der Waals surface area contributed by atoms with Crippen LogP contribution in [-0.4, -0.2) is 35.9 Å². The molecule has 0 aliphatic carbocycles. The van der Waals surface area contributed by atoms with Gasteiger partial charge in [-0.05, 0) is 18.2 Å². The van der Waals surface area contributed by atoms with Crippen molar-refractivity contribution in [3.8, 4) is 0 Å². The molecular weight excluding hydrogens is 368 g/mol. The first-order chi connectivity index (χ1) is 13.0. The Morgan fingerprint density at radius 3 is 2.70 bits per heavy atom. The lowest BCUT2D eigenvalue weighted by molar-refractivity contribution is -0.383. The second kappa shape index (κ2) is 8.04. The molecule has 2 heterocycles. The molecule has 10 heteroatoms. The predicted molar refractivity (Wildman–Crippen MR) is 102 cm³/mol. The Bertz CT molecular complexity index is 981. The Hall–Kier alpha value is -3.14. The average molecular weight is 386 g/mol. The van der Waals surface area contributed by atoms with Gasteiger partial charge in [-0.2, -0.15) is 0 Å². The van der Waals surface area contributed by atoms with Crippen LogP contribution in [0.15, 0.2) is 47.8 Å². The molecule has 3 rings (SSSR count). The fourth-order valence-corrected chi connectivity index (χ4v) is 3.25. The molecule has 0 radical (unpaired) electrons. The molecule has 0 aliphatic heterocycles. The standard InChI is InChI=1S/C17H18N6O3S/c1-21-9-5-6-12(21)10-15-19-20-17(22(15)2)27-11-16(24)18-13-7-3-4-8-14(13)23(25)26/h3-9H,10-11H2,1-2H3,(H,18,24). The summed E-state index contributed by atoms with van der Waals surface area (Å²) >= 11 is 1.23. The summed E-state index contributed by atoms with van der Waals surface area (Å²) in [5.41, 5.74) is 1.14. The zero-order valence-electron chi connectivity index (χ0n) is 14.8. The summed E-state index contributed by atoms with van der Waals surface area (Å²) in [5.74, 6) is 0.516. The quantitative estimate of drug-likeness (QED) is 0.379. The molecule has 0 atom stereocenters. The van der Waals surface area contributed by atoms with Crippen molar-refractivity contribution in [1.82, 2.24) is 19.3 Å². The van der Waals surface area contributed by atoms with Gasteiger partial charge in [-0.3, -0.25) is 14.9 Å². The van der Waals surface area contributed by atoms with E-state index in [4.69, 9.17) is 0 Å². The van der Waals surface area contributed by atoms with Crippen LogP contribution in [0.1, 0.15) is 11.5 Å². The first kappa shape index (κ1) is 18.6. The van der Waals surface area contributed by atoms with E-state index >= 15 is 0 Å². The number of amides is 1. The molecule has 0 bridgehead atoms. The highest BCUT2D eigenvalue weighted by atomic mass is 32.2. The summed E-state index contributed by atoms with van der Waals surface area (Å²) < 4.78 is 3.86. The monoisotopic (exact) mass is 386 g/mol. The van der Waals surface area contributed by atoms with Crippen molar-refractivity contribution in [3.05, 3.63) is 64.2 Å². The number of anilines is 1. The molecule has 0 saturated heterocycles. The number of nitrogens with one attached hydrogen (secondary N) is 1. The highest BCUT2D eigenvalue weighted by Gasteiger charge is 2.16. The highest BCUT2D eigenvalue weighted by Crippen LogP contribution is 2.24. The van der Waals surface area contributed by atoms with Gasteiger partial charge in [-0.25, -0.2) is 0 Å². The number of carbonyl (C=O) groups is 1. The van der Waals surface area contributed by atoms with E-state index in [1.54, 1.807) is 12.1 Å². The van der Waals surface area contributed by atoms with Gasteiger partial charge >= 0.3 is 0 Å². The first-order valence-corrected chi connectivity index (χ1v) is 9.09. The van der Waals surface area contributed by atoms with E-state index in [9.17, 15) is 14.9 Å². The molecule has 140 valence electrons. The van der Waals surface area contributed by atoms with Gasteiger partial charge in [-0.15, -0.1) is 10.2 Å². The molecule has 1 N–H and O–H groups in total. The minimum absolute atomic E-state index is 0.0716. The normalized spacial score (nSPS) is 10.7. The van der Waals surface area contributed by atoms with Gasteiger partial charge < -0.3 is 14.5 Å². The number of nitrogens with zero attached hydrogens (tertiary/aromatic N) is 5. The number of aryl methyl sites for hydroxylation is 1. The van der Waals surface area contributed by atoms with Crippen LogP contribution in [0.3, 0.4) is 0 Å². The molecule has 0 aliphatic rings. The van der Waals surface area contributed by atoms with Crippen LogP contribution in [0.2, 0.25) is 0 Å². The summed E-state index contributed by atoms with van der Waals surface area (Å²) in [7, 11) is 3.81. The molecule has 0 spiro atoms. The Labute approximate surface area is 159 Å². The zero-order valence-corrected chi connectivity index (χ0v) is 15.6. The van der Waals surface area contributed by atoms with Crippen molar-refractivity contribution in [2.75, 3.05) is 11.1 Å². The highest BCUT2D eigenvalue weighted by molar-refractivity contribution is 7.99. The third kappa shape index (κ3) is 4.34. The van der Waals surface area contributed by atoms with E-state index in [0.717, 1.165) is 11.5 Å². The Morgan fingerprint density at radius 1 is 1.22 bits per heavy atom. The second-order valence-electron chi connectivity index (χ2n) is 5.86. The molecular formula is C17H18N6O3S. The summed E-state index contributed by atoms with van der Waals surface area (Å²) in [6.45, 7) is 0. The van der Waals surface area contributed by atoms with Crippen molar-refractivity contribution in [2.45, 2.75) is 11.6 Å². The molecule has 0 saturated carbocycles. The number of carbonyl (C=O) groups excluding carboxylic acids is 1. The van der Waals surface area contributed by atoms with Gasteiger partial charge in [0.25, 0.3) is 5.69 Å². The lowest BCUT2D eigenvalue weighted by Crippen LogP contribution is -2.15. The largest absolute Gasteiger partial charge is 0.354 e. The third-order valence-corrected chi connectivity index (χ3v) is 5.04. The van der Waals surface area contributed by atoms with Crippen molar-refractivity contribution < 1.29 is 9.72 Å². The Balaban J connectivity index is 1.61. The van der Waals surface area contributed by atoms with Crippen LogP contribution >= 0.6 is 11.8 Å². The number of para-hydroxylation sites is 2. The van der Waals surface area contributed by atoms with Crippen molar-refractivity contribution >= 4 is 29.0 Å². The van der Waals surface area contributed by atoms with Crippen LogP contribution in [0.25, 0.3) is 0 Å². The van der Waals surface area contributed by atoms with Crippen molar-refractivity contribution in [1.29, 1.82) is 0 Å². The number of hydrogen-bond donors (Lipinski definition) is 1. The fraction of sp³-hybridized carbons (Fsp3) is 0.235. The molecule has 9 nitrogen and oxygen atoms in total. The Morgan fingerprint density at radius 2 is 2.00 bits per heavy atom. The van der Waals surface area contributed by atoms with Gasteiger partial charge in [0.1, 0.15) is 11.5 Å². The minimum Gasteiger partial charge on any atom is -0.354 e. The molecule has 0 unspecified atom stereocenters. The number of aromatic nitrogens is 4. The molecule has 1 aromatic carbocycles. The summed E-state index contributed by atoms with van der Waals surface area (Å²) in [6, 6.07) is 10.0. The minimum atomic E-state index is -0.527. The van der Waals surface area contributed by atoms with Crippen LogP contribution in [-0.2, 0) is 25.3 Å². The number of nitro benzene ring substituents is 1. The van der Waals surface area contributed by atoms with E-state index in [1.807, 2.05) is 41.6 Å². The molecule has 2 aromatic heterocycles. The molecule has 27 heavy (non-hydrogen) atoms. The number of nitro groups is 1. The smallest absolute Gasteiger partial charge is 0.292 e. The number of hydrogen-bond acceptors (Lipinski definition) is 6. The van der Waals surface area contributed by atoms with Crippen LogP contribution < -0.4 is 5.32 Å². The van der Waals surface area contributed by atoms with Crippen LogP contribution in [0.4, 0.5) is 11.4 Å². The summed E-state index contributed by atoms with van der Waals surface area (Å²) in [6.07, 6.45) is 2.60. The van der Waals surface area contributed by atoms with Gasteiger partial charge in [0, 0.05) is 38.5 Å². The SMILES string of the molecule is Cn1cccc1Cc1nnc(SCC(=O)Nc2ccccc2[N+](=O)[O-])n1C. The lowest BCUT2D eigenvalue weighted by Gasteiger charge is -2.06. The fourth-order valence-electron chi connectivity index (χ4n) is 2.52. The van der Waals surface area contributed by atoms with Crippen LogP contribution in [0, 0.1) is 10.1 Å². The summed E-state index contributed by atoms with van der Waals surface area (Å²) in [4.78, 5) is 22.6. The lowest BCUT2D eigenvalue weighted by atomic mass is 10.2. The zero-order chi connectivity index (χ0) is 19.4. The van der Waals surface area contributed by atoms with E-state index in [-0.39, 0.29) is 23.0 Å². The second-order valence-corrected chi connectivity index (χ2v) is 6.80. The van der Waals surface area contributed by atoms with Gasteiger partial charge in [0.05, 0.1) is 10.7 Å². The molecule has 1 amide bonds. The maximum Gasteiger partial charge on any atom is 0.292 e. The van der Waals surface area contributed by atoms with Gasteiger partial charge in [-0.1, -0.05) is 23.9 Å². The number of rotatable bonds is 7. The Kier molecular flexibility index (Phi) is 5.55. The van der Waals surface area contributed by atoms with Crippen molar-refractivity contribution in [2.24, 2.45) is 14.1 Å². The topological polar surface area (TPSA) is 108 Å². The number of benzene rings is 1. The van der Waals surface area contributed by atoms with E-state index in [1.165, 1.54) is 23.9 Å². The van der Waals surface area contributed by atoms with E-state index in [2.05, 4.69) is 15.5 Å². The maximum atomic E-state index is 12.2. The molecule has 0 fully saturated rings. The van der Waals surface area contributed by atoms with E-state index < -0.39 is 4.92 Å². The van der Waals surface area contributed by atoms with Gasteiger partial charge in [0.15, 0.2) is 5.16 Å². The van der Waals surface area contributed by atoms with E-state index in [0.29, 0.717) is 11.6 Å². The third-order valence-electron chi connectivity index (χ3n) is 4.02. The predicted octanol–water partition coefficient (Wildman–Crippen LogP) is 2.38. The maximum absolute atomic E-state index is 12.2. The average Bonchev–Trinajstić information content (AvgIpc) is 3.20. The summed E-state index contributed by atoms with van der Waals surface area (Å²) in [5, 5.41) is 22.5.